The van der Waals surface area contributed by atoms with E-state index >= 15 is 0 Å². The predicted molar refractivity (Wildman–Crippen MR) is 61.7 cm³/mol. The third-order valence-electron chi connectivity index (χ3n) is 2.50. The molecule has 0 bridgehead atoms. The van der Waals surface area contributed by atoms with Crippen molar-refractivity contribution in [3.63, 3.8) is 0 Å². The molecule has 0 radical (unpaired) electrons. The molecule has 0 heterocycles. The lowest BCUT2D eigenvalue weighted by molar-refractivity contribution is -0.130. The molecule has 0 atom stereocenters. The summed E-state index contributed by atoms with van der Waals surface area (Å²) < 4.78 is 0. The molecule has 4 heteroatoms. The Labute approximate surface area is 92.9 Å². The number of rotatable bonds is 8. The molecule has 90 valence electrons. The Kier molecular flexibility index (Phi) is 8.33. The van der Waals surface area contributed by atoms with Crippen LogP contribution >= 0.6 is 0 Å². The monoisotopic (exact) mass is 216 g/mol. The topological polar surface area (TPSA) is 43.8 Å². The van der Waals surface area contributed by atoms with E-state index in [1.54, 1.807) is 4.90 Å². The second-order valence-electron chi connectivity index (χ2n) is 3.93. The molecule has 0 aromatic heterocycles. The van der Waals surface area contributed by atoms with Gasteiger partial charge in [0, 0.05) is 20.2 Å². The van der Waals surface area contributed by atoms with Crippen LogP contribution in [0.2, 0.25) is 0 Å². The SMILES string of the molecule is CCN(C)C(=O)CN(C)CCCCCO. The first-order chi connectivity index (χ1) is 7.11. The van der Waals surface area contributed by atoms with E-state index in [-0.39, 0.29) is 12.5 Å². The molecule has 1 N–H and O–H groups in total. The van der Waals surface area contributed by atoms with Gasteiger partial charge in [-0.25, -0.2) is 0 Å². The third-order valence-corrected chi connectivity index (χ3v) is 2.50. The van der Waals surface area contributed by atoms with Gasteiger partial charge < -0.3 is 10.0 Å². The smallest absolute Gasteiger partial charge is 0.236 e. The number of nitrogens with zero attached hydrogens (tertiary/aromatic N) is 2. The Morgan fingerprint density at radius 3 is 2.40 bits per heavy atom. The number of carbonyl (C=O) groups is 1. The van der Waals surface area contributed by atoms with E-state index in [2.05, 4.69) is 0 Å². The van der Waals surface area contributed by atoms with Gasteiger partial charge in [0.25, 0.3) is 0 Å². The Hall–Kier alpha value is -0.610. The van der Waals surface area contributed by atoms with E-state index in [1.165, 1.54) is 0 Å². The van der Waals surface area contributed by atoms with E-state index in [4.69, 9.17) is 5.11 Å². The van der Waals surface area contributed by atoms with Gasteiger partial charge in [-0.05, 0) is 39.8 Å². The van der Waals surface area contributed by atoms with Crippen LogP contribution in [0.5, 0.6) is 0 Å². The molecule has 0 spiro atoms. The summed E-state index contributed by atoms with van der Waals surface area (Å²) in [6.07, 6.45) is 2.93. The average molecular weight is 216 g/mol. The maximum absolute atomic E-state index is 11.5. The molecule has 4 nitrogen and oxygen atoms in total. The van der Waals surface area contributed by atoms with Crippen molar-refractivity contribution in [3.05, 3.63) is 0 Å². The summed E-state index contributed by atoms with van der Waals surface area (Å²) >= 11 is 0. The molecule has 0 rings (SSSR count). The van der Waals surface area contributed by atoms with Gasteiger partial charge in [0.05, 0.1) is 6.54 Å². The minimum Gasteiger partial charge on any atom is -0.396 e. The summed E-state index contributed by atoms with van der Waals surface area (Å²) in [5.74, 6) is 0.169. The van der Waals surface area contributed by atoms with Crippen molar-refractivity contribution in [1.29, 1.82) is 0 Å². The first-order valence-corrected chi connectivity index (χ1v) is 5.65. The van der Waals surface area contributed by atoms with Gasteiger partial charge in [-0.1, -0.05) is 0 Å². The van der Waals surface area contributed by atoms with E-state index in [0.717, 1.165) is 32.4 Å². The van der Waals surface area contributed by atoms with Crippen molar-refractivity contribution in [2.75, 3.05) is 40.3 Å². The van der Waals surface area contributed by atoms with Gasteiger partial charge in [-0.15, -0.1) is 0 Å². The van der Waals surface area contributed by atoms with Crippen LogP contribution in [-0.2, 0) is 4.79 Å². The zero-order chi connectivity index (χ0) is 11.7. The molecule has 0 aromatic rings. The summed E-state index contributed by atoms with van der Waals surface area (Å²) in [4.78, 5) is 15.3. The van der Waals surface area contributed by atoms with Crippen LogP contribution in [0.15, 0.2) is 0 Å². The summed E-state index contributed by atoms with van der Waals surface area (Å²) in [6, 6.07) is 0. The van der Waals surface area contributed by atoms with Crippen LogP contribution in [0, 0.1) is 0 Å². The third kappa shape index (κ3) is 7.33. The highest BCUT2D eigenvalue weighted by Gasteiger charge is 2.09. The summed E-state index contributed by atoms with van der Waals surface area (Å²) in [6.45, 7) is 4.41. The normalized spacial score (nSPS) is 10.7. The number of hydrogen-bond donors (Lipinski definition) is 1. The van der Waals surface area contributed by atoms with Crippen LogP contribution in [0.3, 0.4) is 0 Å². The number of aliphatic hydroxyl groups excluding tert-OH is 1. The molecule has 0 unspecified atom stereocenters. The number of unbranched alkanes of at least 4 members (excludes halogenated alkanes) is 2. The second kappa shape index (κ2) is 8.68. The fourth-order valence-corrected chi connectivity index (χ4v) is 1.28. The zero-order valence-electron chi connectivity index (χ0n) is 10.2. The minimum absolute atomic E-state index is 0.169. The Balaban J connectivity index is 3.55. The highest BCUT2D eigenvalue weighted by molar-refractivity contribution is 5.77. The first kappa shape index (κ1) is 14.4. The van der Waals surface area contributed by atoms with Crippen molar-refractivity contribution >= 4 is 5.91 Å². The van der Waals surface area contributed by atoms with Crippen molar-refractivity contribution < 1.29 is 9.90 Å². The molecule has 15 heavy (non-hydrogen) atoms. The highest BCUT2D eigenvalue weighted by atomic mass is 16.2. The van der Waals surface area contributed by atoms with Gasteiger partial charge >= 0.3 is 0 Å². The van der Waals surface area contributed by atoms with E-state index in [9.17, 15) is 4.79 Å². The first-order valence-electron chi connectivity index (χ1n) is 5.65. The lowest BCUT2D eigenvalue weighted by Crippen LogP contribution is -2.36. The van der Waals surface area contributed by atoms with Crippen molar-refractivity contribution in [3.8, 4) is 0 Å². The molecule has 0 aliphatic carbocycles. The fraction of sp³-hybridized carbons (Fsp3) is 0.909. The van der Waals surface area contributed by atoms with Gasteiger partial charge in [0.2, 0.25) is 5.91 Å². The van der Waals surface area contributed by atoms with Crippen LogP contribution in [0.4, 0.5) is 0 Å². The summed E-state index contributed by atoms with van der Waals surface area (Å²) in [5.41, 5.74) is 0. The largest absolute Gasteiger partial charge is 0.396 e. The average Bonchev–Trinajstić information content (AvgIpc) is 2.23. The number of amides is 1. The molecule has 0 aliphatic heterocycles. The Morgan fingerprint density at radius 1 is 1.20 bits per heavy atom. The van der Waals surface area contributed by atoms with Gasteiger partial charge in [0.15, 0.2) is 0 Å². The second-order valence-corrected chi connectivity index (χ2v) is 3.93. The predicted octanol–water partition coefficient (Wildman–Crippen LogP) is 0.559. The molecule has 1 amide bonds. The number of aliphatic hydroxyl groups is 1. The van der Waals surface area contributed by atoms with E-state index in [1.807, 2.05) is 25.9 Å². The fourth-order valence-electron chi connectivity index (χ4n) is 1.28. The van der Waals surface area contributed by atoms with Crippen molar-refractivity contribution in [1.82, 2.24) is 9.80 Å². The Morgan fingerprint density at radius 2 is 1.87 bits per heavy atom. The van der Waals surface area contributed by atoms with E-state index < -0.39 is 0 Å². The van der Waals surface area contributed by atoms with Crippen molar-refractivity contribution in [2.24, 2.45) is 0 Å². The maximum Gasteiger partial charge on any atom is 0.236 e. The van der Waals surface area contributed by atoms with Gasteiger partial charge in [0.1, 0.15) is 0 Å². The number of hydrogen-bond acceptors (Lipinski definition) is 3. The van der Waals surface area contributed by atoms with Crippen LogP contribution in [0.1, 0.15) is 26.2 Å². The van der Waals surface area contributed by atoms with Crippen molar-refractivity contribution in [2.45, 2.75) is 26.2 Å². The molecular weight excluding hydrogens is 192 g/mol. The molecule has 0 aliphatic rings. The zero-order valence-corrected chi connectivity index (χ0v) is 10.2. The number of carbonyl (C=O) groups excluding carboxylic acids is 1. The highest BCUT2D eigenvalue weighted by Crippen LogP contribution is 1.97. The van der Waals surface area contributed by atoms with Gasteiger partial charge in [-0.2, -0.15) is 0 Å². The van der Waals surface area contributed by atoms with Crippen LogP contribution in [0.25, 0.3) is 0 Å². The van der Waals surface area contributed by atoms with E-state index in [0.29, 0.717) is 6.54 Å². The van der Waals surface area contributed by atoms with Crippen LogP contribution < -0.4 is 0 Å². The summed E-state index contributed by atoms with van der Waals surface area (Å²) in [5, 5.41) is 8.61. The van der Waals surface area contributed by atoms with Crippen LogP contribution in [-0.4, -0.2) is 61.2 Å². The van der Waals surface area contributed by atoms with Gasteiger partial charge in [-0.3, -0.25) is 9.69 Å². The molecule has 0 fully saturated rings. The molecule has 0 saturated carbocycles. The molecule has 0 aromatic carbocycles. The maximum atomic E-state index is 11.5. The molecular formula is C11H24N2O2. The number of likely N-dealkylation sites (N-methyl/N-ethyl adjacent to an activating group) is 2. The molecule has 0 saturated heterocycles. The summed E-state index contributed by atoms with van der Waals surface area (Å²) in [7, 11) is 3.78. The lowest BCUT2D eigenvalue weighted by Gasteiger charge is -2.20. The Bertz CT molecular complexity index is 174. The quantitative estimate of drug-likeness (QED) is 0.603. The minimum atomic E-state index is 0.169. The lowest BCUT2D eigenvalue weighted by atomic mass is 10.2. The standard InChI is InChI=1S/C11H24N2O2/c1-4-13(3)11(15)10-12(2)8-6-5-7-9-14/h14H,4-10H2,1-3H3.